The molecule has 4 nitrogen and oxygen atoms in total. The van der Waals surface area contributed by atoms with Gasteiger partial charge in [0.2, 0.25) is 0 Å². The monoisotopic (exact) mass is 381 g/mol. The van der Waals surface area contributed by atoms with Crippen molar-refractivity contribution in [2.24, 2.45) is 0 Å². The van der Waals surface area contributed by atoms with Crippen LogP contribution >= 0.6 is 44.5 Å². The average Bonchev–Trinajstić information content (AvgIpc) is 2.27. The smallest absolute Gasteiger partial charge is 0.271 e. The minimum atomic E-state index is -0.466. The molecule has 0 N–H and O–H groups in total. The van der Waals surface area contributed by atoms with E-state index >= 15 is 0 Å². The lowest BCUT2D eigenvalue weighted by molar-refractivity contribution is -0.385. The van der Waals surface area contributed by atoms with Crippen molar-refractivity contribution in [3.05, 3.63) is 43.3 Å². The van der Waals surface area contributed by atoms with Crippen molar-refractivity contribution in [2.75, 3.05) is 12.4 Å². The molecule has 1 aromatic rings. The number of halogens is 2. The molecule has 1 rings (SSSR count). The van der Waals surface area contributed by atoms with Gasteiger partial charge in [0.25, 0.3) is 5.69 Å². The van der Waals surface area contributed by atoms with Gasteiger partial charge in [0.05, 0.1) is 13.9 Å². The number of rotatable bonds is 5. The van der Waals surface area contributed by atoms with Crippen LogP contribution in [0.2, 0.25) is 0 Å². The summed E-state index contributed by atoms with van der Waals surface area (Å²) < 4.78 is 6.53. The van der Waals surface area contributed by atoms with Crippen LogP contribution in [-0.2, 0) is 0 Å². The Morgan fingerprint density at radius 3 is 2.41 bits per heavy atom. The van der Waals surface area contributed by atoms with Gasteiger partial charge in [0, 0.05) is 17.9 Å². The molecule has 92 valence electrons. The summed E-state index contributed by atoms with van der Waals surface area (Å²) in [6.45, 7) is 4.07. The van der Waals surface area contributed by atoms with Crippen LogP contribution in [0.5, 0.6) is 5.75 Å². The van der Waals surface area contributed by atoms with E-state index in [0.717, 1.165) is 5.57 Å². The highest BCUT2D eigenvalue weighted by Gasteiger charge is 2.15. The molecular weight excluding hydrogens is 374 g/mol. The van der Waals surface area contributed by atoms with Gasteiger partial charge in [-0.15, -0.1) is 0 Å². The van der Waals surface area contributed by atoms with E-state index in [1.165, 1.54) is 12.1 Å². The van der Waals surface area contributed by atoms with E-state index in [2.05, 4.69) is 51.1 Å². The first kappa shape index (κ1) is 14.5. The molecule has 0 fully saturated rings. The summed E-state index contributed by atoms with van der Waals surface area (Å²) in [5.41, 5.74) is 0.814. The fourth-order valence-electron chi connectivity index (χ4n) is 1.01. The zero-order valence-corrected chi connectivity index (χ0v) is 12.7. The Kier molecular flexibility index (Phi) is 5.48. The first-order valence-corrected chi connectivity index (χ1v) is 6.71. The lowest BCUT2D eigenvalue weighted by Crippen LogP contribution is -2.02. The van der Waals surface area contributed by atoms with Crippen molar-refractivity contribution in [1.82, 2.24) is 0 Å². The molecule has 0 aromatic heterocycles. The van der Waals surface area contributed by atoms with E-state index in [4.69, 9.17) is 4.74 Å². The van der Waals surface area contributed by atoms with E-state index in [9.17, 15) is 10.1 Å². The minimum Gasteiger partial charge on any atom is -0.487 e. The molecular formula is C10H9Br2NO3S. The van der Waals surface area contributed by atoms with Gasteiger partial charge in [-0.25, -0.2) is 0 Å². The molecule has 0 atom stereocenters. The predicted molar refractivity (Wildman–Crippen MR) is 77.0 cm³/mol. The number of nitro benzene ring substituents is 1. The van der Waals surface area contributed by atoms with Crippen molar-refractivity contribution >= 4 is 50.2 Å². The topological polar surface area (TPSA) is 52.4 Å². The molecule has 0 aliphatic carbocycles. The quantitative estimate of drug-likeness (QED) is 0.362. The zero-order chi connectivity index (χ0) is 13.0. The highest BCUT2D eigenvalue weighted by Crippen LogP contribution is 2.37. The van der Waals surface area contributed by atoms with Gasteiger partial charge >= 0.3 is 0 Å². The van der Waals surface area contributed by atoms with Crippen LogP contribution in [0, 0.1) is 10.1 Å². The third-order valence-corrected chi connectivity index (χ3v) is 3.46. The van der Waals surface area contributed by atoms with Crippen molar-refractivity contribution in [3.8, 4) is 5.75 Å². The first-order valence-electron chi connectivity index (χ1n) is 4.49. The lowest BCUT2D eigenvalue weighted by Gasteiger charge is -2.10. The maximum atomic E-state index is 10.6. The second kappa shape index (κ2) is 6.42. The van der Waals surface area contributed by atoms with Crippen LogP contribution in [0.4, 0.5) is 5.69 Å². The fraction of sp³-hybridized carbons (Fsp3) is 0.200. The molecule has 0 saturated carbocycles. The molecule has 0 aliphatic rings. The van der Waals surface area contributed by atoms with Crippen LogP contribution in [0.1, 0.15) is 0 Å². The van der Waals surface area contributed by atoms with Crippen molar-refractivity contribution in [3.63, 3.8) is 0 Å². The van der Waals surface area contributed by atoms with Gasteiger partial charge < -0.3 is 4.74 Å². The minimum absolute atomic E-state index is 0.0101. The molecule has 7 heteroatoms. The van der Waals surface area contributed by atoms with Gasteiger partial charge in [-0.2, -0.15) is 12.6 Å². The summed E-state index contributed by atoms with van der Waals surface area (Å²) in [7, 11) is 0. The molecule has 17 heavy (non-hydrogen) atoms. The van der Waals surface area contributed by atoms with E-state index < -0.39 is 4.92 Å². The molecule has 0 spiro atoms. The molecule has 0 unspecified atom stereocenters. The second-order valence-corrected chi connectivity index (χ2v) is 5.22. The number of hydrogen-bond acceptors (Lipinski definition) is 4. The predicted octanol–water partition coefficient (Wildman–Crippen LogP) is 3.98. The maximum absolute atomic E-state index is 10.6. The van der Waals surface area contributed by atoms with E-state index in [1.54, 1.807) is 0 Å². The van der Waals surface area contributed by atoms with E-state index in [1.807, 2.05) is 0 Å². The van der Waals surface area contributed by atoms with Crippen LogP contribution in [0.3, 0.4) is 0 Å². The Hall–Kier alpha value is -0.530. The largest absolute Gasteiger partial charge is 0.487 e. The molecule has 0 amide bonds. The van der Waals surface area contributed by atoms with Crippen molar-refractivity contribution in [1.29, 1.82) is 0 Å². The summed E-state index contributed by atoms with van der Waals surface area (Å²) >= 11 is 10.5. The molecule has 0 bridgehead atoms. The molecule has 0 aliphatic heterocycles. The van der Waals surface area contributed by atoms with Gasteiger partial charge in [-0.05, 0) is 37.4 Å². The molecule has 0 saturated heterocycles. The Labute approximate surface area is 121 Å². The van der Waals surface area contributed by atoms with Crippen LogP contribution < -0.4 is 4.74 Å². The van der Waals surface area contributed by atoms with Crippen LogP contribution in [0.15, 0.2) is 33.2 Å². The van der Waals surface area contributed by atoms with E-state index in [-0.39, 0.29) is 5.69 Å². The fourth-order valence-corrected chi connectivity index (χ4v) is 2.49. The van der Waals surface area contributed by atoms with Crippen molar-refractivity contribution in [2.45, 2.75) is 0 Å². The third-order valence-electron chi connectivity index (χ3n) is 1.84. The maximum Gasteiger partial charge on any atom is 0.271 e. The summed E-state index contributed by atoms with van der Waals surface area (Å²) in [5.74, 6) is 1.04. The second-order valence-electron chi connectivity index (χ2n) is 3.19. The van der Waals surface area contributed by atoms with Gasteiger partial charge in [-0.3, -0.25) is 10.1 Å². The normalized spacial score (nSPS) is 10.1. The molecule has 0 heterocycles. The van der Waals surface area contributed by atoms with Crippen LogP contribution in [-0.4, -0.2) is 17.3 Å². The number of nitrogens with zero attached hydrogens (tertiary/aromatic N) is 1. The van der Waals surface area contributed by atoms with Gasteiger partial charge in [-0.1, -0.05) is 6.58 Å². The summed E-state index contributed by atoms with van der Waals surface area (Å²) in [6, 6.07) is 2.78. The summed E-state index contributed by atoms with van der Waals surface area (Å²) in [6.07, 6.45) is 0. The highest BCUT2D eigenvalue weighted by atomic mass is 79.9. The number of thiol groups is 1. The highest BCUT2D eigenvalue weighted by molar-refractivity contribution is 9.11. The Morgan fingerprint density at radius 2 is 2.00 bits per heavy atom. The van der Waals surface area contributed by atoms with Crippen LogP contribution in [0.25, 0.3) is 0 Å². The number of nitro groups is 1. The third kappa shape index (κ3) is 4.01. The SMILES string of the molecule is C=C(CS)COc1c(Br)cc([N+](=O)[O-])cc1Br. The van der Waals surface area contributed by atoms with Crippen molar-refractivity contribution < 1.29 is 9.66 Å². The summed E-state index contributed by atoms with van der Waals surface area (Å²) in [4.78, 5) is 10.2. The standard InChI is InChI=1S/C10H9Br2NO3S/c1-6(5-17)4-16-10-8(11)2-7(13(14)15)3-9(10)12/h2-3,17H,1,4-5H2. The lowest BCUT2D eigenvalue weighted by atomic mass is 10.3. The molecule has 1 aromatic carbocycles. The summed E-state index contributed by atoms with van der Waals surface area (Å²) in [5, 5.41) is 10.6. The number of ether oxygens (including phenoxy) is 1. The molecule has 0 radical (unpaired) electrons. The van der Waals surface area contributed by atoms with E-state index in [0.29, 0.717) is 27.1 Å². The Morgan fingerprint density at radius 1 is 1.47 bits per heavy atom. The number of hydrogen-bond donors (Lipinski definition) is 1. The first-order chi connectivity index (χ1) is 7.95. The number of non-ortho nitro benzene ring substituents is 1. The Bertz CT molecular complexity index is 442. The average molecular weight is 383 g/mol. The van der Waals surface area contributed by atoms with Gasteiger partial charge in [0.15, 0.2) is 0 Å². The zero-order valence-electron chi connectivity index (χ0n) is 8.65. The number of benzene rings is 1. The van der Waals surface area contributed by atoms with Gasteiger partial charge in [0.1, 0.15) is 12.4 Å². The Balaban J connectivity index is 2.94.